The van der Waals surface area contributed by atoms with Crippen LogP contribution in [0.1, 0.15) is 50.2 Å². The van der Waals surface area contributed by atoms with Crippen LogP contribution in [0.3, 0.4) is 0 Å². The van der Waals surface area contributed by atoms with Gasteiger partial charge in [-0.1, -0.05) is 13.8 Å². The van der Waals surface area contributed by atoms with Gasteiger partial charge in [-0.05, 0) is 47.0 Å². The average molecular weight is 352 g/mol. The highest BCUT2D eigenvalue weighted by Crippen LogP contribution is 2.23. The topological polar surface area (TPSA) is 68.8 Å². The van der Waals surface area contributed by atoms with Gasteiger partial charge in [-0.2, -0.15) is 5.10 Å². The van der Waals surface area contributed by atoms with Crippen molar-refractivity contribution in [3.63, 3.8) is 0 Å². The van der Waals surface area contributed by atoms with Gasteiger partial charge in [-0.3, -0.25) is 20.9 Å². The van der Waals surface area contributed by atoms with Crippen molar-refractivity contribution in [2.45, 2.75) is 45.2 Å². The Morgan fingerprint density at radius 1 is 1.33 bits per heavy atom. The van der Waals surface area contributed by atoms with E-state index in [4.69, 9.17) is 5.84 Å². The molecule has 0 saturated carbocycles. The summed E-state index contributed by atoms with van der Waals surface area (Å²) in [5, 5.41) is 4.67. The predicted molar refractivity (Wildman–Crippen MR) is 87.6 cm³/mol. The summed E-state index contributed by atoms with van der Waals surface area (Å²) >= 11 is 3.52. The van der Waals surface area contributed by atoms with Crippen molar-refractivity contribution in [2.24, 2.45) is 5.84 Å². The number of nitrogens with two attached hydrogens (primary N) is 1. The highest BCUT2D eigenvalue weighted by molar-refractivity contribution is 9.10. The van der Waals surface area contributed by atoms with E-state index in [1.807, 2.05) is 18.3 Å². The molecule has 0 fully saturated rings. The Morgan fingerprint density at radius 2 is 2.10 bits per heavy atom. The van der Waals surface area contributed by atoms with E-state index in [-0.39, 0.29) is 6.04 Å². The Bertz CT molecular complexity index is 565. The highest BCUT2D eigenvalue weighted by atomic mass is 79.9. The molecular weight excluding hydrogens is 330 g/mol. The van der Waals surface area contributed by atoms with Crippen LogP contribution in [0, 0.1) is 0 Å². The lowest BCUT2D eigenvalue weighted by Gasteiger charge is -2.16. The third-order valence-corrected chi connectivity index (χ3v) is 4.38. The third-order valence-electron chi connectivity index (χ3n) is 3.71. The molecule has 114 valence electrons. The van der Waals surface area contributed by atoms with Crippen LogP contribution in [0.2, 0.25) is 0 Å². The molecular formula is C15H22BrN5. The largest absolute Gasteiger partial charge is 0.271 e. The molecule has 0 aliphatic carbocycles. The number of aromatic nitrogens is 3. The summed E-state index contributed by atoms with van der Waals surface area (Å²) in [7, 11) is 0. The van der Waals surface area contributed by atoms with Crippen LogP contribution in [0.4, 0.5) is 0 Å². The van der Waals surface area contributed by atoms with Gasteiger partial charge in [0.05, 0.1) is 23.5 Å². The average Bonchev–Trinajstić information content (AvgIpc) is 2.95. The summed E-state index contributed by atoms with van der Waals surface area (Å²) in [6, 6.07) is 6.31. The number of nitrogens with one attached hydrogen (secondary N) is 1. The molecule has 2 aromatic heterocycles. The molecule has 2 heterocycles. The fourth-order valence-corrected chi connectivity index (χ4v) is 2.98. The van der Waals surface area contributed by atoms with Crippen LogP contribution >= 0.6 is 15.9 Å². The maximum Gasteiger partial charge on any atom is 0.0732 e. The molecule has 5 nitrogen and oxygen atoms in total. The molecule has 3 N–H and O–H groups in total. The van der Waals surface area contributed by atoms with Gasteiger partial charge in [0, 0.05) is 23.3 Å². The Kier molecular flexibility index (Phi) is 5.90. The van der Waals surface area contributed by atoms with E-state index in [1.54, 1.807) is 6.20 Å². The Morgan fingerprint density at radius 3 is 2.71 bits per heavy atom. The minimum absolute atomic E-state index is 0.0642. The van der Waals surface area contributed by atoms with Crippen molar-refractivity contribution in [3.8, 4) is 0 Å². The van der Waals surface area contributed by atoms with Crippen LogP contribution in [0.15, 0.2) is 35.1 Å². The summed E-state index contributed by atoms with van der Waals surface area (Å²) in [5.74, 6) is 5.70. The standard InChI is InChI=1S/C15H22BrN5/c1-3-12(4-2)21-9-7-11(20-21)10-14(19-17)15-13(16)6-5-8-18-15/h5-9,12,14,19H,3-4,10,17H2,1-2H3. The van der Waals surface area contributed by atoms with Crippen LogP contribution in [0.25, 0.3) is 0 Å². The van der Waals surface area contributed by atoms with Gasteiger partial charge in [-0.25, -0.2) is 0 Å². The summed E-state index contributed by atoms with van der Waals surface area (Å²) in [5.41, 5.74) is 4.75. The summed E-state index contributed by atoms with van der Waals surface area (Å²) in [4.78, 5) is 4.40. The molecule has 0 amide bonds. The molecule has 1 atom stereocenters. The molecule has 0 radical (unpaired) electrons. The summed E-state index contributed by atoms with van der Waals surface area (Å²) in [6.45, 7) is 4.37. The predicted octanol–water partition coefficient (Wildman–Crippen LogP) is 3.15. The van der Waals surface area contributed by atoms with Gasteiger partial charge in [0.1, 0.15) is 0 Å². The zero-order chi connectivity index (χ0) is 15.2. The second-order valence-corrected chi connectivity index (χ2v) is 5.91. The lowest BCUT2D eigenvalue weighted by Crippen LogP contribution is -2.30. The minimum atomic E-state index is -0.0642. The number of pyridine rings is 1. The van der Waals surface area contributed by atoms with Crippen LogP contribution in [-0.4, -0.2) is 14.8 Å². The highest BCUT2D eigenvalue weighted by Gasteiger charge is 2.17. The van der Waals surface area contributed by atoms with E-state index in [9.17, 15) is 0 Å². The molecule has 0 aromatic carbocycles. The zero-order valence-electron chi connectivity index (χ0n) is 12.5. The van der Waals surface area contributed by atoms with Crippen molar-refractivity contribution < 1.29 is 0 Å². The van der Waals surface area contributed by atoms with Crippen molar-refractivity contribution in [3.05, 3.63) is 46.5 Å². The van der Waals surface area contributed by atoms with Crippen molar-refractivity contribution in [1.29, 1.82) is 0 Å². The Balaban J connectivity index is 2.14. The molecule has 2 rings (SSSR count). The molecule has 0 aliphatic heterocycles. The lowest BCUT2D eigenvalue weighted by atomic mass is 10.1. The van der Waals surface area contributed by atoms with Crippen LogP contribution < -0.4 is 11.3 Å². The van der Waals surface area contributed by atoms with Gasteiger partial charge in [0.25, 0.3) is 0 Å². The second kappa shape index (κ2) is 7.68. The number of hydrazine groups is 1. The van der Waals surface area contributed by atoms with Crippen molar-refractivity contribution in [2.75, 3.05) is 0 Å². The molecule has 21 heavy (non-hydrogen) atoms. The SMILES string of the molecule is CCC(CC)n1ccc(CC(NN)c2ncccc2Br)n1. The first-order valence-corrected chi connectivity index (χ1v) is 8.09. The van der Waals surface area contributed by atoms with E-state index >= 15 is 0 Å². The Hall–Kier alpha value is -1.24. The first kappa shape index (κ1) is 16.1. The van der Waals surface area contributed by atoms with Crippen LogP contribution in [-0.2, 0) is 6.42 Å². The number of halogens is 1. The van der Waals surface area contributed by atoms with Crippen LogP contribution in [0.5, 0.6) is 0 Å². The second-order valence-electron chi connectivity index (χ2n) is 5.05. The molecule has 0 aliphatic rings. The fraction of sp³-hybridized carbons (Fsp3) is 0.467. The molecule has 6 heteroatoms. The molecule has 0 spiro atoms. The molecule has 2 aromatic rings. The van der Waals surface area contributed by atoms with Gasteiger partial charge >= 0.3 is 0 Å². The van der Waals surface area contributed by atoms with E-state index in [1.165, 1.54) is 0 Å². The van der Waals surface area contributed by atoms with Gasteiger partial charge in [0.2, 0.25) is 0 Å². The third kappa shape index (κ3) is 3.90. The monoisotopic (exact) mass is 351 g/mol. The normalized spacial score (nSPS) is 12.8. The van der Waals surface area contributed by atoms with Gasteiger partial charge < -0.3 is 0 Å². The first-order valence-electron chi connectivity index (χ1n) is 7.30. The number of hydrogen-bond donors (Lipinski definition) is 2. The fourth-order valence-electron chi connectivity index (χ4n) is 2.45. The summed E-state index contributed by atoms with van der Waals surface area (Å²) in [6.07, 6.45) is 6.70. The minimum Gasteiger partial charge on any atom is -0.271 e. The number of rotatable bonds is 7. The van der Waals surface area contributed by atoms with Gasteiger partial charge in [0.15, 0.2) is 0 Å². The van der Waals surface area contributed by atoms with E-state index in [0.29, 0.717) is 12.5 Å². The van der Waals surface area contributed by atoms with E-state index < -0.39 is 0 Å². The lowest BCUT2D eigenvalue weighted by molar-refractivity contribution is 0.422. The van der Waals surface area contributed by atoms with E-state index in [2.05, 4.69) is 56.0 Å². The number of hydrogen-bond acceptors (Lipinski definition) is 4. The van der Waals surface area contributed by atoms with Crippen molar-refractivity contribution >= 4 is 15.9 Å². The Labute approximate surface area is 134 Å². The van der Waals surface area contributed by atoms with E-state index in [0.717, 1.165) is 28.7 Å². The van der Waals surface area contributed by atoms with Gasteiger partial charge in [-0.15, -0.1) is 0 Å². The molecule has 0 saturated heterocycles. The summed E-state index contributed by atoms with van der Waals surface area (Å²) < 4.78 is 3.00. The quantitative estimate of drug-likeness (QED) is 0.593. The zero-order valence-corrected chi connectivity index (χ0v) is 14.0. The van der Waals surface area contributed by atoms with Crippen molar-refractivity contribution in [1.82, 2.24) is 20.2 Å². The number of nitrogens with zero attached hydrogens (tertiary/aromatic N) is 3. The first-order chi connectivity index (χ1) is 10.2. The molecule has 1 unspecified atom stereocenters. The maximum absolute atomic E-state index is 5.70. The smallest absolute Gasteiger partial charge is 0.0732 e. The maximum atomic E-state index is 5.70. The molecule has 0 bridgehead atoms.